The summed E-state index contributed by atoms with van der Waals surface area (Å²) in [4.78, 5) is 12.3. The van der Waals surface area contributed by atoms with E-state index >= 15 is 0 Å². The molecule has 124 valence electrons. The maximum atomic E-state index is 13.6. The number of rotatable bonds is 5. The number of hydrogen-bond acceptors (Lipinski definition) is 2. The lowest BCUT2D eigenvalue weighted by Crippen LogP contribution is -2.14. The Bertz CT molecular complexity index is 828. The van der Waals surface area contributed by atoms with E-state index in [-0.39, 0.29) is 11.3 Å². The molecule has 24 heavy (non-hydrogen) atoms. The van der Waals surface area contributed by atoms with Crippen molar-refractivity contribution in [3.8, 4) is 6.07 Å². The third-order valence-corrected chi connectivity index (χ3v) is 3.85. The van der Waals surface area contributed by atoms with E-state index in [0.29, 0.717) is 0 Å². The van der Waals surface area contributed by atoms with Gasteiger partial charge in [-0.3, -0.25) is 4.79 Å². The zero-order chi connectivity index (χ0) is 17.7. The molecule has 1 N–H and O–H groups in total. The first-order valence-corrected chi connectivity index (χ1v) is 7.82. The lowest BCUT2D eigenvalue weighted by molar-refractivity contribution is -0.112. The Labute approximate surface area is 141 Å². The third kappa shape index (κ3) is 3.72. The number of hydrogen-bond donors (Lipinski definition) is 1. The maximum absolute atomic E-state index is 13.6. The van der Waals surface area contributed by atoms with Gasteiger partial charge in [-0.25, -0.2) is 4.39 Å². The number of halogens is 1. The molecule has 0 aliphatic rings. The first kappa shape index (κ1) is 17.5. The molecule has 5 heteroatoms. The highest BCUT2D eigenvalue weighted by atomic mass is 19.1. The molecule has 2 rings (SSSR count). The Morgan fingerprint density at radius 1 is 1.38 bits per heavy atom. The van der Waals surface area contributed by atoms with Crippen LogP contribution < -0.4 is 5.32 Å². The molecule has 0 saturated heterocycles. The van der Waals surface area contributed by atoms with Crippen LogP contribution in [-0.2, 0) is 11.3 Å². The SMILES string of the molecule is CCCn1c(C)cc(/C=C(\C#N)C(=O)Nc2ccccc2F)c1C. The summed E-state index contributed by atoms with van der Waals surface area (Å²) >= 11 is 0. The van der Waals surface area contributed by atoms with Crippen LogP contribution in [0.2, 0.25) is 0 Å². The van der Waals surface area contributed by atoms with Gasteiger partial charge in [0.25, 0.3) is 5.91 Å². The highest BCUT2D eigenvalue weighted by Gasteiger charge is 2.14. The summed E-state index contributed by atoms with van der Waals surface area (Å²) in [6, 6.07) is 9.70. The van der Waals surface area contributed by atoms with Gasteiger partial charge in [0, 0.05) is 17.9 Å². The summed E-state index contributed by atoms with van der Waals surface area (Å²) < 4.78 is 15.8. The largest absolute Gasteiger partial charge is 0.349 e. The van der Waals surface area contributed by atoms with Crippen molar-refractivity contribution >= 4 is 17.7 Å². The number of anilines is 1. The van der Waals surface area contributed by atoms with Crippen LogP contribution in [0.25, 0.3) is 6.08 Å². The molecule has 1 heterocycles. The predicted octanol–water partition coefficient (Wildman–Crippen LogP) is 4.20. The molecule has 1 aromatic carbocycles. The Morgan fingerprint density at radius 3 is 2.71 bits per heavy atom. The summed E-state index contributed by atoms with van der Waals surface area (Å²) in [5, 5.41) is 11.7. The van der Waals surface area contributed by atoms with E-state index in [1.165, 1.54) is 18.2 Å². The monoisotopic (exact) mass is 325 g/mol. The van der Waals surface area contributed by atoms with Gasteiger partial charge in [-0.2, -0.15) is 5.26 Å². The van der Waals surface area contributed by atoms with Gasteiger partial charge in [-0.1, -0.05) is 19.1 Å². The summed E-state index contributed by atoms with van der Waals surface area (Å²) in [5.74, 6) is -1.16. The van der Waals surface area contributed by atoms with Crippen LogP contribution in [0.1, 0.15) is 30.3 Å². The van der Waals surface area contributed by atoms with E-state index in [1.54, 1.807) is 12.1 Å². The number of carbonyl (C=O) groups is 1. The normalized spacial score (nSPS) is 11.2. The number of aryl methyl sites for hydroxylation is 1. The van der Waals surface area contributed by atoms with Gasteiger partial charge in [-0.05, 0) is 50.1 Å². The van der Waals surface area contributed by atoms with Crippen molar-refractivity contribution in [2.75, 3.05) is 5.32 Å². The number of benzene rings is 1. The topological polar surface area (TPSA) is 57.8 Å². The fourth-order valence-corrected chi connectivity index (χ4v) is 2.60. The Hall–Kier alpha value is -2.87. The van der Waals surface area contributed by atoms with Gasteiger partial charge in [0.1, 0.15) is 17.5 Å². The fourth-order valence-electron chi connectivity index (χ4n) is 2.60. The van der Waals surface area contributed by atoms with Gasteiger partial charge >= 0.3 is 0 Å². The smallest absolute Gasteiger partial charge is 0.266 e. The first-order valence-electron chi connectivity index (χ1n) is 7.82. The molecule has 0 aliphatic carbocycles. The second-order valence-electron chi connectivity index (χ2n) is 5.58. The molecule has 0 atom stereocenters. The highest BCUT2D eigenvalue weighted by Crippen LogP contribution is 2.20. The molecular formula is C19H20FN3O. The van der Waals surface area contributed by atoms with Gasteiger partial charge in [0.15, 0.2) is 0 Å². The van der Waals surface area contributed by atoms with E-state index in [0.717, 1.165) is 29.9 Å². The number of para-hydroxylation sites is 1. The van der Waals surface area contributed by atoms with E-state index in [9.17, 15) is 14.4 Å². The lowest BCUT2D eigenvalue weighted by Gasteiger charge is -2.07. The van der Waals surface area contributed by atoms with Gasteiger partial charge in [0.2, 0.25) is 0 Å². The van der Waals surface area contributed by atoms with Crippen LogP contribution in [0.15, 0.2) is 35.9 Å². The second kappa shape index (κ2) is 7.60. The minimum Gasteiger partial charge on any atom is -0.349 e. The standard InChI is InChI=1S/C19H20FN3O/c1-4-9-23-13(2)10-15(14(23)3)11-16(12-21)19(24)22-18-8-6-5-7-17(18)20/h5-8,10-11H,4,9H2,1-3H3,(H,22,24)/b16-11+. The van der Waals surface area contributed by atoms with Crippen molar-refractivity contribution in [1.29, 1.82) is 5.26 Å². The van der Waals surface area contributed by atoms with Crippen molar-refractivity contribution in [3.63, 3.8) is 0 Å². The van der Waals surface area contributed by atoms with Crippen LogP contribution >= 0.6 is 0 Å². The van der Waals surface area contributed by atoms with E-state index < -0.39 is 11.7 Å². The van der Waals surface area contributed by atoms with E-state index in [1.807, 2.05) is 26.0 Å². The van der Waals surface area contributed by atoms with Crippen LogP contribution in [0, 0.1) is 31.0 Å². The van der Waals surface area contributed by atoms with Crippen molar-refractivity contribution in [1.82, 2.24) is 4.57 Å². The fraction of sp³-hybridized carbons (Fsp3) is 0.263. The Morgan fingerprint density at radius 2 is 2.08 bits per heavy atom. The molecule has 0 unspecified atom stereocenters. The molecule has 0 radical (unpaired) electrons. The van der Waals surface area contributed by atoms with Crippen molar-refractivity contribution in [2.24, 2.45) is 0 Å². The zero-order valence-corrected chi connectivity index (χ0v) is 14.1. The number of nitrogens with zero attached hydrogens (tertiary/aromatic N) is 2. The van der Waals surface area contributed by atoms with Crippen LogP contribution in [-0.4, -0.2) is 10.5 Å². The number of carbonyl (C=O) groups excluding carboxylic acids is 1. The number of aromatic nitrogens is 1. The average Bonchev–Trinajstić information content (AvgIpc) is 2.82. The van der Waals surface area contributed by atoms with Gasteiger partial charge in [0.05, 0.1) is 5.69 Å². The van der Waals surface area contributed by atoms with Crippen LogP contribution in [0.3, 0.4) is 0 Å². The summed E-state index contributed by atoms with van der Waals surface area (Å²) in [6.45, 7) is 6.93. The van der Waals surface area contributed by atoms with E-state index in [4.69, 9.17) is 0 Å². The minimum atomic E-state index is -0.622. The summed E-state index contributed by atoms with van der Waals surface area (Å²) in [5.41, 5.74) is 2.89. The third-order valence-electron chi connectivity index (χ3n) is 3.85. The molecule has 0 fully saturated rings. The average molecular weight is 325 g/mol. The van der Waals surface area contributed by atoms with Crippen molar-refractivity contribution < 1.29 is 9.18 Å². The first-order chi connectivity index (χ1) is 11.5. The molecule has 0 saturated carbocycles. The highest BCUT2D eigenvalue weighted by molar-refractivity contribution is 6.09. The molecule has 4 nitrogen and oxygen atoms in total. The summed E-state index contributed by atoms with van der Waals surface area (Å²) in [7, 11) is 0. The molecule has 1 aromatic heterocycles. The second-order valence-corrected chi connectivity index (χ2v) is 5.58. The maximum Gasteiger partial charge on any atom is 0.266 e. The van der Waals surface area contributed by atoms with Gasteiger partial charge < -0.3 is 9.88 Å². The molecule has 0 bridgehead atoms. The molecule has 1 amide bonds. The Kier molecular flexibility index (Phi) is 5.54. The van der Waals surface area contributed by atoms with Crippen LogP contribution in [0.4, 0.5) is 10.1 Å². The number of nitriles is 1. The lowest BCUT2D eigenvalue weighted by atomic mass is 10.1. The summed E-state index contributed by atoms with van der Waals surface area (Å²) in [6.07, 6.45) is 2.54. The minimum absolute atomic E-state index is 0.0557. The number of amides is 1. The zero-order valence-electron chi connectivity index (χ0n) is 14.1. The van der Waals surface area contributed by atoms with Crippen LogP contribution in [0.5, 0.6) is 0 Å². The molecule has 0 aliphatic heterocycles. The van der Waals surface area contributed by atoms with Crippen molar-refractivity contribution in [3.05, 3.63) is 58.7 Å². The molecule has 2 aromatic rings. The van der Waals surface area contributed by atoms with Gasteiger partial charge in [-0.15, -0.1) is 0 Å². The Balaban J connectivity index is 2.30. The molecular weight excluding hydrogens is 305 g/mol. The van der Waals surface area contributed by atoms with E-state index in [2.05, 4.69) is 16.8 Å². The molecule has 0 spiro atoms. The van der Waals surface area contributed by atoms with Crippen molar-refractivity contribution in [2.45, 2.75) is 33.7 Å². The predicted molar refractivity (Wildman–Crippen MR) is 92.8 cm³/mol. The quantitative estimate of drug-likeness (QED) is 0.661. The number of nitrogens with one attached hydrogen (secondary N) is 1.